The van der Waals surface area contributed by atoms with Gasteiger partial charge < -0.3 is 10.6 Å². The summed E-state index contributed by atoms with van der Waals surface area (Å²) in [6, 6.07) is 5.96. The molecule has 0 spiro atoms. The quantitative estimate of drug-likeness (QED) is 0.876. The van der Waals surface area contributed by atoms with Gasteiger partial charge in [-0.1, -0.05) is 6.42 Å². The number of benzene rings is 1. The molecule has 0 aliphatic carbocycles. The molecule has 2 N–H and O–H groups in total. The van der Waals surface area contributed by atoms with Crippen LogP contribution in [0, 0.1) is 0 Å². The molecule has 0 radical (unpaired) electrons. The van der Waals surface area contributed by atoms with E-state index in [0.717, 1.165) is 19.3 Å². The van der Waals surface area contributed by atoms with E-state index in [2.05, 4.69) is 0 Å². The van der Waals surface area contributed by atoms with Gasteiger partial charge in [0.05, 0.1) is 4.90 Å². The zero-order valence-electron chi connectivity index (χ0n) is 13.4. The highest BCUT2D eigenvalue weighted by Crippen LogP contribution is 2.25. The number of nitrogens with two attached hydrogens (primary N) is 1. The summed E-state index contributed by atoms with van der Waals surface area (Å²) in [6.07, 6.45) is 2.66. The summed E-state index contributed by atoms with van der Waals surface area (Å²) >= 11 is 0. The summed E-state index contributed by atoms with van der Waals surface area (Å²) in [5.74, 6) is -0.151. The van der Waals surface area contributed by atoms with Gasteiger partial charge in [-0.2, -0.15) is 4.31 Å². The predicted octanol–water partition coefficient (Wildman–Crippen LogP) is 1.31. The second-order valence-corrected chi connectivity index (χ2v) is 7.62. The molecule has 1 aliphatic rings. The highest BCUT2D eigenvalue weighted by atomic mass is 35.5. The summed E-state index contributed by atoms with van der Waals surface area (Å²) < 4.78 is 27.0. The smallest absolute Gasteiger partial charge is 0.253 e. The zero-order chi connectivity index (χ0) is 16.3. The second-order valence-electron chi connectivity index (χ2n) is 5.73. The zero-order valence-corrected chi connectivity index (χ0v) is 15.1. The molecule has 1 fully saturated rings. The average molecular weight is 362 g/mol. The van der Waals surface area contributed by atoms with Crippen molar-refractivity contribution < 1.29 is 13.2 Å². The van der Waals surface area contributed by atoms with Crippen LogP contribution in [0.4, 0.5) is 0 Å². The monoisotopic (exact) mass is 361 g/mol. The molecule has 0 aromatic heterocycles. The Morgan fingerprint density at radius 1 is 1.26 bits per heavy atom. The lowest BCUT2D eigenvalue weighted by molar-refractivity contribution is 0.0827. The summed E-state index contributed by atoms with van der Waals surface area (Å²) in [5, 5.41) is 0. The third-order valence-electron chi connectivity index (χ3n) is 3.96. The second kappa shape index (κ2) is 8.10. The van der Waals surface area contributed by atoms with Crippen LogP contribution in [0.25, 0.3) is 0 Å². The number of carbonyl (C=O) groups is 1. The van der Waals surface area contributed by atoms with Gasteiger partial charge >= 0.3 is 0 Å². The molecule has 1 saturated heterocycles. The molecule has 8 heteroatoms. The van der Waals surface area contributed by atoms with Crippen molar-refractivity contribution in [3.63, 3.8) is 0 Å². The Bertz CT molecular complexity index is 632. The van der Waals surface area contributed by atoms with Crippen molar-refractivity contribution in [2.45, 2.75) is 30.2 Å². The number of halogens is 1. The van der Waals surface area contributed by atoms with E-state index in [1.807, 2.05) is 0 Å². The van der Waals surface area contributed by atoms with E-state index in [1.165, 1.54) is 21.3 Å². The fourth-order valence-corrected chi connectivity index (χ4v) is 4.39. The van der Waals surface area contributed by atoms with Gasteiger partial charge in [-0.05, 0) is 37.1 Å². The number of hydrogen-bond donors (Lipinski definition) is 1. The van der Waals surface area contributed by atoms with Gasteiger partial charge in [0.25, 0.3) is 5.91 Å². The van der Waals surface area contributed by atoms with Gasteiger partial charge in [-0.3, -0.25) is 4.79 Å². The first-order valence-electron chi connectivity index (χ1n) is 7.41. The van der Waals surface area contributed by atoms with Gasteiger partial charge in [0.1, 0.15) is 0 Å². The van der Waals surface area contributed by atoms with Gasteiger partial charge in [0.15, 0.2) is 0 Å². The molecule has 1 aliphatic heterocycles. The fourth-order valence-electron chi connectivity index (χ4n) is 2.69. The minimum atomic E-state index is -3.56. The van der Waals surface area contributed by atoms with Gasteiger partial charge in [-0.25, -0.2) is 8.42 Å². The lowest BCUT2D eigenvalue weighted by atomic mass is 10.1. The number of hydrogen-bond acceptors (Lipinski definition) is 4. The van der Waals surface area contributed by atoms with Crippen molar-refractivity contribution in [1.82, 2.24) is 9.21 Å². The Morgan fingerprint density at radius 3 is 2.39 bits per heavy atom. The maximum Gasteiger partial charge on any atom is 0.253 e. The minimum Gasteiger partial charge on any atom is -0.345 e. The number of nitrogens with zero attached hydrogens (tertiary/aromatic N) is 2. The summed E-state index contributed by atoms with van der Waals surface area (Å²) in [5.41, 5.74) is 6.18. The van der Waals surface area contributed by atoms with E-state index in [1.54, 1.807) is 26.2 Å². The van der Waals surface area contributed by atoms with E-state index in [-0.39, 0.29) is 29.3 Å². The summed E-state index contributed by atoms with van der Waals surface area (Å²) in [4.78, 5) is 13.5. The molecule has 1 heterocycles. The third kappa shape index (κ3) is 4.23. The maximum atomic E-state index is 12.7. The SMILES string of the molecule is CN(C)C(=O)c1ccc(S(=O)(=O)N2CCCCC2CN)cc1.Cl. The Morgan fingerprint density at radius 2 is 1.87 bits per heavy atom. The molecule has 6 nitrogen and oxygen atoms in total. The summed E-state index contributed by atoms with van der Waals surface area (Å²) in [7, 11) is -0.239. The first kappa shape index (κ1) is 19.9. The first-order valence-corrected chi connectivity index (χ1v) is 8.85. The molecule has 23 heavy (non-hydrogen) atoms. The fraction of sp³-hybridized carbons (Fsp3) is 0.533. The topological polar surface area (TPSA) is 83.7 Å². The van der Waals surface area contributed by atoms with Gasteiger partial charge in [-0.15, -0.1) is 12.4 Å². The highest BCUT2D eigenvalue weighted by Gasteiger charge is 2.32. The van der Waals surface area contributed by atoms with Crippen molar-refractivity contribution in [2.75, 3.05) is 27.2 Å². The Hall–Kier alpha value is -1.15. The van der Waals surface area contributed by atoms with Gasteiger partial charge in [0, 0.05) is 38.8 Å². The van der Waals surface area contributed by atoms with Crippen molar-refractivity contribution in [1.29, 1.82) is 0 Å². The molecular weight excluding hydrogens is 338 g/mol. The van der Waals surface area contributed by atoms with Crippen molar-refractivity contribution in [3.8, 4) is 0 Å². The van der Waals surface area contributed by atoms with Crippen LogP contribution in [0.2, 0.25) is 0 Å². The van der Waals surface area contributed by atoms with Crippen molar-refractivity contribution in [3.05, 3.63) is 29.8 Å². The molecule has 1 aromatic rings. The first-order chi connectivity index (χ1) is 10.4. The Kier molecular flexibility index (Phi) is 7.01. The minimum absolute atomic E-state index is 0. The number of amides is 1. The van der Waals surface area contributed by atoms with Crippen LogP contribution in [0.3, 0.4) is 0 Å². The molecule has 1 atom stereocenters. The normalized spacial score (nSPS) is 19.0. The van der Waals surface area contributed by atoms with E-state index in [4.69, 9.17) is 5.73 Å². The van der Waals surface area contributed by atoms with Crippen LogP contribution >= 0.6 is 12.4 Å². The molecule has 0 bridgehead atoms. The van der Waals surface area contributed by atoms with E-state index in [9.17, 15) is 13.2 Å². The number of sulfonamides is 1. The molecular formula is C15H24ClN3O3S. The average Bonchev–Trinajstić information content (AvgIpc) is 2.54. The van der Waals surface area contributed by atoms with Crippen LogP contribution in [0.1, 0.15) is 29.6 Å². The maximum absolute atomic E-state index is 12.7. The lowest BCUT2D eigenvalue weighted by Crippen LogP contribution is -2.47. The van der Waals surface area contributed by atoms with Crippen molar-refractivity contribution in [2.24, 2.45) is 5.73 Å². The molecule has 2 rings (SSSR count). The molecule has 1 aromatic carbocycles. The third-order valence-corrected chi connectivity index (χ3v) is 5.93. The van der Waals surface area contributed by atoms with Crippen LogP contribution in [-0.4, -0.2) is 56.8 Å². The van der Waals surface area contributed by atoms with Crippen molar-refractivity contribution >= 4 is 28.3 Å². The lowest BCUT2D eigenvalue weighted by Gasteiger charge is -2.33. The summed E-state index contributed by atoms with van der Waals surface area (Å²) in [6.45, 7) is 0.832. The van der Waals surface area contributed by atoms with E-state index >= 15 is 0 Å². The van der Waals surface area contributed by atoms with Crippen LogP contribution in [0.15, 0.2) is 29.2 Å². The Balaban J connectivity index is 0.00000264. The Labute approximate surface area is 144 Å². The van der Waals surface area contributed by atoms with E-state index < -0.39 is 10.0 Å². The van der Waals surface area contributed by atoms with Crippen LogP contribution in [0.5, 0.6) is 0 Å². The largest absolute Gasteiger partial charge is 0.345 e. The number of rotatable bonds is 4. The van der Waals surface area contributed by atoms with Crippen LogP contribution < -0.4 is 5.73 Å². The standard InChI is InChI=1S/C15H23N3O3S.ClH/c1-17(2)15(19)12-6-8-14(9-7-12)22(20,21)18-10-4-3-5-13(18)11-16;/h6-9,13H,3-5,10-11,16H2,1-2H3;1H. The van der Waals surface area contributed by atoms with E-state index in [0.29, 0.717) is 18.7 Å². The number of carbonyl (C=O) groups excluding carboxylic acids is 1. The molecule has 1 unspecified atom stereocenters. The number of piperidine rings is 1. The molecule has 0 saturated carbocycles. The van der Waals surface area contributed by atoms with Gasteiger partial charge in [0.2, 0.25) is 10.0 Å². The highest BCUT2D eigenvalue weighted by molar-refractivity contribution is 7.89. The predicted molar refractivity (Wildman–Crippen MR) is 92.3 cm³/mol. The van der Waals surface area contributed by atoms with Crippen LogP contribution in [-0.2, 0) is 10.0 Å². The molecule has 130 valence electrons. The molecule has 1 amide bonds.